The summed E-state index contributed by atoms with van der Waals surface area (Å²) in [5.41, 5.74) is 7.89. The standard InChI is InChI=1S/C11H9N3O2S/c1-15-8-4-7(6-2-3-17-5-6)13-11-9(8)10(12)14-16-11/h2-5H,1H3,(H2,12,14). The Morgan fingerprint density at radius 3 is 3.06 bits per heavy atom. The molecule has 0 spiro atoms. The van der Waals surface area contributed by atoms with E-state index in [-0.39, 0.29) is 0 Å². The minimum atomic E-state index is 0.293. The van der Waals surface area contributed by atoms with Gasteiger partial charge in [0.2, 0.25) is 0 Å². The average Bonchev–Trinajstić information content (AvgIpc) is 2.98. The number of ether oxygens (including phenoxy) is 1. The van der Waals surface area contributed by atoms with Crippen molar-refractivity contribution in [3.63, 3.8) is 0 Å². The first-order valence-electron chi connectivity index (χ1n) is 4.92. The molecule has 0 unspecified atom stereocenters. The van der Waals surface area contributed by atoms with Crippen LogP contribution < -0.4 is 10.5 Å². The van der Waals surface area contributed by atoms with Gasteiger partial charge < -0.3 is 15.0 Å². The van der Waals surface area contributed by atoms with Crippen molar-refractivity contribution in [3.8, 4) is 17.0 Å². The van der Waals surface area contributed by atoms with Gasteiger partial charge in [-0.25, -0.2) is 4.98 Å². The lowest BCUT2D eigenvalue weighted by Crippen LogP contribution is -1.91. The number of aromatic nitrogens is 2. The topological polar surface area (TPSA) is 74.2 Å². The highest BCUT2D eigenvalue weighted by atomic mass is 32.1. The van der Waals surface area contributed by atoms with E-state index in [1.165, 1.54) is 0 Å². The molecule has 0 bridgehead atoms. The fourth-order valence-electron chi connectivity index (χ4n) is 1.66. The lowest BCUT2D eigenvalue weighted by molar-refractivity contribution is 0.418. The van der Waals surface area contributed by atoms with E-state index >= 15 is 0 Å². The maximum absolute atomic E-state index is 5.70. The summed E-state index contributed by atoms with van der Waals surface area (Å²) in [6.07, 6.45) is 0. The van der Waals surface area contributed by atoms with Gasteiger partial charge >= 0.3 is 0 Å². The van der Waals surface area contributed by atoms with Gasteiger partial charge in [-0.1, -0.05) is 5.16 Å². The van der Waals surface area contributed by atoms with Crippen LogP contribution in [-0.2, 0) is 0 Å². The Morgan fingerprint density at radius 1 is 1.47 bits per heavy atom. The second-order valence-electron chi connectivity index (χ2n) is 3.47. The van der Waals surface area contributed by atoms with Gasteiger partial charge in [0.15, 0.2) is 5.82 Å². The highest BCUT2D eigenvalue weighted by Crippen LogP contribution is 2.33. The molecule has 3 heterocycles. The van der Waals surface area contributed by atoms with E-state index < -0.39 is 0 Å². The van der Waals surface area contributed by atoms with Crippen LogP contribution in [0.2, 0.25) is 0 Å². The second-order valence-corrected chi connectivity index (χ2v) is 4.25. The number of anilines is 1. The molecule has 3 rings (SSSR count). The zero-order chi connectivity index (χ0) is 11.8. The van der Waals surface area contributed by atoms with Crippen molar-refractivity contribution >= 4 is 28.3 Å². The third-order valence-electron chi connectivity index (χ3n) is 2.47. The fourth-order valence-corrected chi connectivity index (χ4v) is 2.31. The van der Waals surface area contributed by atoms with Crippen molar-refractivity contribution in [1.29, 1.82) is 0 Å². The summed E-state index contributed by atoms with van der Waals surface area (Å²) in [5, 5.41) is 8.30. The predicted molar refractivity (Wildman–Crippen MR) is 66.1 cm³/mol. The SMILES string of the molecule is COc1cc(-c2ccsc2)nc2onc(N)c12. The lowest BCUT2D eigenvalue weighted by Gasteiger charge is -2.03. The smallest absolute Gasteiger partial charge is 0.264 e. The first-order chi connectivity index (χ1) is 8.29. The van der Waals surface area contributed by atoms with E-state index in [1.807, 2.05) is 22.9 Å². The van der Waals surface area contributed by atoms with Crippen molar-refractivity contribution in [2.24, 2.45) is 0 Å². The third kappa shape index (κ3) is 1.53. The second kappa shape index (κ2) is 3.74. The molecule has 0 saturated carbocycles. The number of hydrogen-bond acceptors (Lipinski definition) is 6. The Morgan fingerprint density at radius 2 is 2.35 bits per heavy atom. The van der Waals surface area contributed by atoms with Crippen LogP contribution in [0.25, 0.3) is 22.4 Å². The number of fused-ring (bicyclic) bond motifs is 1. The molecule has 17 heavy (non-hydrogen) atoms. The molecule has 0 fully saturated rings. The number of nitrogens with two attached hydrogens (primary N) is 1. The third-order valence-corrected chi connectivity index (χ3v) is 3.16. The minimum absolute atomic E-state index is 0.293. The van der Waals surface area contributed by atoms with Crippen molar-refractivity contribution in [2.45, 2.75) is 0 Å². The molecule has 86 valence electrons. The molecule has 0 aliphatic heterocycles. The summed E-state index contributed by atoms with van der Waals surface area (Å²) < 4.78 is 10.4. The van der Waals surface area contributed by atoms with Crippen molar-refractivity contribution < 1.29 is 9.26 Å². The fraction of sp³-hybridized carbons (Fsp3) is 0.0909. The molecule has 0 atom stereocenters. The number of thiophene rings is 1. The summed E-state index contributed by atoms with van der Waals surface area (Å²) in [7, 11) is 1.58. The van der Waals surface area contributed by atoms with Crippen LogP contribution in [0.4, 0.5) is 5.82 Å². The summed E-state index contributed by atoms with van der Waals surface area (Å²) >= 11 is 1.61. The molecular formula is C11H9N3O2S. The van der Waals surface area contributed by atoms with Gasteiger partial charge in [0.05, 0.1) is 12.8 Å². The molecule has 6 heteroatoms. The Balaban J connectivity index is 2.29. The van der Waals surface area contributed by atoms with Gasteiger partial charge in [-0.2, -0.15) is 11.3 Å². The maximum atomic E-state index is 5.70. The molecule has 0 amide bonds. The van der Waals surface area contributed by atoms with Gasteiger partial charge in [-0.3, -0.25) is 0 Å². The van der Waals surface area contributed by atoms with E-state index in [9.17, 15) is 0 Å². The summed E-state index contributed by atoms with van der Waals surface area (Å²) in [6.45, 7) is 0. The molecule has 3 aromatic rings. The van der Waals surface area contributed by atoms with Crippen LogP contribution in [0.5, 0.6) is 5.75 Å². The highest BCUT2D eigenvalue weighted by molar-refractivity contribution is 7.08. The predicted octanol–water partition coefficient (Wildman–Crippen LogP) is 2.54. The Kier molecular flexibility index (Phi) is 2.22. The van der Waals surface area contributed by atoms with Gasteiger partial charge in [0, 0.05) is 17.0 Å². The Labute approximate surface area is 101 Å². The molecular weight excluding hydrogens is 238 g/mol. The highest BCUT2D eigenvalue weighted by Gasteiger charge is 2.15. The Hall–Kier alpha value is -2.08. The normalized spacial score (nSPS) is 10.9. The van der Waals surface area contributed by atoms with E-state index in [1.54, 1.807) is 18.4 Å². The van der Waals surface area contributed by atoms with E-state index in [0.29, 0.717) is 22.7 Å². The average molecular weight is 247 g/mol. The summed E-state index contributed by atoms with van der Waals surface area (Å²) in [4.78, 5) is 4.36. The molecule has 5 nitrogen and oxygen atoms in total. The van der Waals surface area contributed by atoms with Crippen LogP contribution >= 0.6 is 11.3 Å². The summed E-state index contributed by atoms with van der Waals surface area (Å²) in [6, 6.07) is 3.82. The molecule has 0 aliphatic carbocycles. The number of hydrogen-bond donors (Lipinski definition) is 1. The van der Waals surface area contributed by atoms with Crippen LogP contribution in [-0.4, -0.2) is 17.3 Å². The van der Waals surface area contributed by atoms with Gasteiger partial charge in [0.1, 0.15) is 11.1 Å². The largest absolute Gasteiger partial charge is 0.496 e. The van der Waals surface area contributed by atoms with Crippen molar-refractivity contribution in [1.82, 2.24) is 10.1 Å². The van der Waals surface area contributed by atoms with Gasteiger partial charge in [-0.05, 0) is 11.4 Å². The number of nitrogens with zero attached hydrogens (tertiary/aromatic N) is 2. The molecule has 3 aromatic heterocycles. The van der Waals surface area contributed by atoms with Crippen LogP contribution in [0, 0.1) is 0 Å². The van der Waals surface area contributed by atoms with Gasteiger partial charge in [-0.15, -0.1) is 0 Å². The molecule has 0 saturated heterocycles. The Bertz CT molecular complexity index is 661. The minimum Gasteiger partial charge on any atom is -0.496 e. The van der Waals surface area contributed by atoms with Crippen LogP contribution in [0.3, 0.4) is 0 Å². The number of methoxy groups -OCH3 is 1. The number of rotatable bonds is 2. The molecule has 0 radical (unpaired) electrons. The van der Waals surface area contributed by atoms with E-state index in [4.69, 9.17) is 15.0 Å². The lowest BCUT2D eigenvalue weighted by atomic mass is 10.2. The van der Waals surface area contributed by atoms with Crippen molar-refractivity contribution in [2.75, 3.05) is 12.8 Å². The van der Waals surface area contributed by atoms with Crippen molar-refractivity contribution in [3.05, 3.63) is 22.9 Å². The van der Waals surface area contributed by atoms with E-state index in [0.717, 1.165) is 11.3 Å². The molecule has 2 N–H and O–H groups in total. The molecule has 0 aromatic carbocycles. The van der Waals surface area contributed by atoms with Crippen LogP contribution in [0.15, 0.2) is 27.4 Å². The zero-order valence-electron chi connectivity index (χ0n) is 9.01. The maximum Gasteiger partial charge on any atom is 0.264 e. The monoisotopic (exact) mass is 247 g/mol. The quantitative estimate of drug-likeness (QED) is 0.753. The van der Waals surface area contributed by atoms with Crippen LogP contribution in [0.1, 0.15) is 0 Å². The first-order valence-corrected chi connectivity index (χ1v) is 5.86. The zero-order valence-corrected chi connectivity index (χ0v) is 9.82. The molecule has 0 aliphatic rings. The number of pyridine rings is 1. The van der Waals surface area contributed by atoms with Gasteiger partial charge in [0.25, 0.3) is 5.71 Å². The van der Waals surface area contributed by atoms with E-state index in [2.05, 4.69) is 10.1 Å². The summed E-state index contributed by atoms with van der Waals surface area (Å²) in [5.74, 6) is 0.913. The number of nitrogen functional groups attached to an aromatic ring is 1. The first kappa shape index (κ1) is 10.1.